The van der Waals surface area contributed by atoms with Gasteiger partial charge in [-0.2, -0.15) is 0 Å². The van der Waals surface area contributed by atoms with Crippen molar-refractivity contribution in [1.29, 1.82) is 0 Å². The van der Waals surface area contributed by atoms with Crippen molar-refractivity contribution >= 4 is 11.9 Å². The molecule has 110 valence electrons. The zero-order valence-corrected chi connectivity index (χ0v) is 12.3. The number of hydrogen-bond donors (Lipinski definition) is 0. The number of esters is 2. The molecule has 21 heavy (non-hydrogen) atoms. The molecule has 2 rings (SSSR count). The van der Waals surface area contributed by atoms with E-state index in [-0.39, 0.29) is 11.3 Å². The number of carbonyl (C=O) groups excluding carboxylic acids is 2. The fourth-order valence-electron chi connectivity index (χ4n) is 2.27. The van der Waals surface area contributed by atoms with Crippen molar-refractivity contribution < 1.29 is 19.1 Å². The Balaban J connectivity index is 2.50. The molecule has 0 saturated heterocycles. The topological polar surface area (TPSA) is 57.5 Å². The highest BCUT2D eigenvalue weighted by Crippen LogP contribution is 2.20. The normalized spacial score (nSPS) is 10.2. The summed E-state index contributed by atoms with van der Waals surface area (Å²) in [6.07, 6.45) is 1.76. The van der Waals surface area contributed by atoms with Crippen LogP contribution in [0.2, 0.25) is 0 Å². The number of aromatic nitrogens is 1. The molecule has 2 aromatic rings. The summed E-state index contributed by atoms with van der Waals surface area (Å²) in [6.45, 7) is 2.24. The molecule has 1 aromatic heterocycles. The lowest BCUT2D eigenvalue weighted by molar-refractivity contribution is 0.0547. The standard InChI is InChI=1S/C16H17NO4/c1-11-9-17(10-12-7-5-4-6-8-12)14(16(19)21-3)13(11)15(18)20-2/h4-9H,10H2,1-3H3. The average Bonchev–Trinajstić information content (AvgIpc) is 2.82. The van der Waals surface area contributed by atoms with Gasteiger partial charge >= 0.3 is 11.9 Å². The van der Waals surface area contributed by atoms with E-state index in [1.54, 1.807) is 17.7 Å². The summed E-state index contributed by atoms with van der Waals surface area (Å²) in [7, 11) is 2.58. The minimum atomic E-state index is -0.556. The third-order valence-electron chi connectivity index (χ3n) is 3.23. The van der Waals surface area contributed by atoms with E-state index < -0.39 is 11.9 Å². The fourth-order valence-corrected chi connectivity index (χ4v) is 2.27. The Morgan fingerprint density at radius 2 is 1.67 bits per heavy atom. The van der Waals surface area contributed by atoms with Crippen LogP contribution in [0.3, 0.4) is 0 Å². The molecule has 0 atom stereocenters. The second-order valence-electron chi connectivity index (χ2n) is 4.63. The quantitative estimate of drug-likeness (QED) is 0.810. The first-order valence-corrected chi connectivity index (χ1v) is 6.48. The first-order chi connectivity index (χ1) is 10.1. The minimum Gasteiger partial charge on any atom is -0.465 e. The SMILES string of the molecule is COC(=O)c1c(C)cn(Cc2ccccc2)c1C(=O)OC. The second-order valence-corrected chi connectivity index (χ2v) is 4.63. The van der Waals surface area contributed by atoms with E-state index in [9.17, 15) is 9.59 Å². The van der Waals surface area contributed by atoms with Crippen molar-refractivity contribution in [3.05, 3.63) is 58.9 Å². The van der Waals surface area contributed by atoms with Gasteiger partial charge in [-0.3, -0.25) is 0 Å². The van der Waals surface area contributed by atoms with E-state index in [1.165, 1.54) is 14.2 Å². The summed E-state index contributed by atoms with van der Waals surface area (Å²) < 4.78 is 11.3. The van der Waals surface area contributed by atoms with E-state index in [0.29, 0.717) is 12.1 Å². The molecule has 0 bridgehead atoms. The van der Waals surface area contributed by atoms with Gasteiger partial charge in [0.2, 0.25) is 0 Å². The fraction of sp³-hybridized carbons (Fsp3) is 0.250. The van der Waals surface area contributed by atoms with Gasteiger partial charge in [0.25, 0.3) is 0 Å². The number of aryl methyl sites for hydroxylation is 1. The molecule has 0 aliphatic carbocycles. The lowest BCUT2D eigenvalue weighted by atomic mass is 10.1. The van der Waals surface area contributed by atoms with Gasteiger partial charge in [-0.05, 0) is 18.1 Å². The molecule has 0 saturated carbocycles. The van der Waals surface area contributed by atoms with Crippen LogP contribution in [0.5, 0.6) is 0 Å². The van der Waals surface area contributed by atoms with Crippen molar-refractivity contribution in [3.8, 4) is 0 Å². The molecule has 5 nitrogen and oxygen atoms in total. The van der Waals surface area contributed by atoms with Gasteiger partial charge in [0.05, 0.1) is 19.8 Å². The van der Waals surface area contributed by atoms with E-state index >= 15 is 0 Å². The molecule has 1 heterocycles. The molecule has 0 aliphatic heterocycles. The van der Waals surface area contributed by atoms with Crippen molar-refractivity contribution in [3.63, 3.8) is 0 Å². The lowest BCUT2D eigenvalue weighted by Crippen LogP contribution is -2.16. The maximum absolute atomic E-state index is 12.0. The number of benzene rings is 1. The van der Waals surface area contributed by atoms with Crippen LogP contribution in [-0.2, 0) is 16.0 Å². The molecular formula is C16H17NO4. The Morgan fingerprint density at radius 3 is 2.24 bits per heavy atom. The number of carbonyl (C=O) groups is 2. The largest absolute Gasteiger partial charge is 0.465 e. The third kappa shape index (κ3) is 2.97. The third-order valence-corrected chi connectivity index (χ3v) is 3.23. The predicted molar refractivity (Wildman–Crippen MR) is 77.4 cm³/mol. The minimum absolute atomic E-state index is 0.214. The van der Waals surface area contributed by atoms with Crippen molar-refractivity contribution in [1.82, 2.24) is 4.57 Å². The van der Waals surface area contributed by atoms with Gasteiger partial charge in [-0.1, -0.05) is 30.3 Å². The summed E-state index contributed by atoms with van der Waals surface area (Å²) in [5.74, 6) is -1.10. The van der Waals surface area contributed by atoms with Crippen LogP contribution in [0.15, 0.2) is 36.5 Å². The van der Waals surface area contributed by atoms with Crippen molar-refractivity contribution in [2.45, 2.75) is 13.5 Å². The van der Waals surface area contributed by atoms with Gasteiger partial charge in [-0.15, -0.1) is 0 Å². The highest BCUT2D eigenvalue weighted by atomic mass is 16.5. The number of ether oxygens (including phenoxy) is 2. The summed E-state index contributed by atoms with van der Waals surface area (Å²) in [5.41, 5.74) is 2.17. The van der Waals surface area contributed by atoms with Crippen molar-refractivity contribution in [2.75, 3.05) is 14.2 Å². The Morgan fingerprint density at radius 1 is 1.05 bits per heavy atom. The van der Waals surface area contributed by atoms with Crippen LogP contribution < -0.4 is 0 Å². The van der Waals surface area contributed by atoms with Crippen molar-refractivity contribution in [2.24, 2.45) is 0 Å². The predicted octanol–water partition coefficient (Wildman–Crippen LogP) is 2.42. The first-order valence-electron chi connectivity index (χ1n) is 6.48. The molecule has 0 fully saturated rings. The summed E-state index contributed by atoms with van der Waals surface area (Å²) in [4.78, 5) is 23.9. The maximum Gasteiger partial charge on any atom is 0.355 e. The Kier molecular flexibility index (Phi) is 4.42. The van der Waals surface area contributed by atoms with Crippen LogP contribution in [0.4, 0.5) is 0 Å². The average molecular weight is 287 g/mol. The monoisotopic (exact) mass is 287 g/mol. The zero-order valence-electron chi connectivity index (χ0n) is 12.3. The van der Waals surface area contributed by atoms with Crippen LogP contribution >= 0.6 is 0 Å². The van der Waals surface area contributed by atoms with Gasteiger partial charge in [0.15, 0.2) is 0 Å². The van der Waals surface area contributed by atoms with Gasteiger partial charge in [0.1, 0.15) is 5.69 Å². The van der Waals surface area contributed by atoms with E-state index in [1.807, 2.05) is 30.3 Å². The smallest absolute Gasteiger partial charge is 0.355 e. The lowest BCUT2D eigenvalue weighted by Gasteiger charge is -2.09. The first kappa shape index (κ1) is 14.8. The summed E-state index contributed by atoms with van der Waals surface area (Å²) in [6, 6.07) is 9.67. The van der Waals surface area contributed by atoms with Crippen LogP contribution in [0, 0.1) is 6.92 Å². The second kappa shape index (κ2) is 6.26. The molecule has 0 aliphatic rings. The zero-order chi connectivity index (χ0) is 15.4. The Labute approximate surface area is 123 Å². The van der Waals surface area contributed by atoms with E-state index in [4.69, 9.17) is 9.47 Å². The Bertz CT molecular complexity index is 658. The van der Waals surface area contributed by atoms with Crippen LogP contribution in [0.1, 0.15) is 32.0 Å². The molecule has 0 radical (unpaired) electrons. The Hall–Kier alpha value is -2.56. The number of nitrogens with zero attached hydrogens (tertiary/aromatic N) is 1. The summed E-state index contributed by atoms with van der Waals surface area (Å²) in [5, 5.41) is 0. The molecule has 0 amide bonds. The number of hydrogen-bond acceptors (Lipinski definition) is 4. The molecular weight excluding hydrogens is 270 g/mol. The number of rotatable bonds is 4. The maximum atomic E-state index is 12.0. The van der Waals surface area contributed by atoms with E-state index in [0.717, 1.165) is 5.56 Å². The molecule has 5 heteroatoms. The van der Waals surface area contributed by atoms with Gasteiger partial charge in [0, 0.05) is 12.7 Å². The molecule has 0 N–H and O–H groups in total. The van der Waals surface area contributed by atoms with Gasteiger partial charge < -0.3 is 14.0 Å². The summed E-state index contributed by atoms with van der Waals surface area (Å²) >= 11 is 0. The highest BCUT2D eigenvalue weighted by Gasteiger charge is 2.26. The van der Waals surface area contributed by atoms with Crippen LogP contribution in [0.25, 0.3) is 0 Å². The highest BCUT2D eigenvalue weighted by molar-refractivity contribution is 6.03. The van der Waals surface area contributed by atoms with Crippen LogP contribution in [-0.4, -0.2) is 30.7 Å². The molecule has 0 spiro atoms. The van der Waals surface area contributed by atoms with Gasteiger partial charge in [-0.25, -0.2) is 9.59 Å². The molecule has 1 aromatic carbocycles. The van der Waals surface area contributed by atoms with E-state index in [2.05, 4.69) is 0 Å². The molecule has 0 unspecified atom stereocenters. The number of methoxy groups -OCH3 is 2.